The van der Waals surface area contributed by atoms with Crippen molar-refractivity contribution in [2.24, 2.45) is 5.41 Å². The van der Waals surface area contributed by atoms with Gasteiger partial charge in [-0.1, -0.05) is 25.1 Å². The first-order valence-electron chi connectivity index (χ1n) is 6.11. The van der Waals surface area contributed by atoms with E-state index in [1.54, 1.807) is 12.1 Å². The van der Waals surface area contributed by atoms with E-state index in [4.69, 9.17) is 4.52 Å². The average Bonchev–Trinajstić information content (AvgIpc) is 2.77. The van der Waals surface area contributed by atoms with Crippen LogP contribution in [0.2, 0.25) is 0 Å². The molecule has 4 heteroatoms. The van der Waals surface area contributed by atoms with Crippen molar-refractivity contribution in [1.29, 1.82) is 0 Å². The van der Waals surface area contributed by atoms with E-state index in [0.29, 0.717) is 11.8 Å². The molecular weight excluding hydrogens is 228 g/mol. The van der Waals surface area contributed by atoms with Gasteiger partial charge >= 0.3 is 0 Å². The first kappa shape index (κ1) is 11.3. The number of hydrogen-bond donors (Lipinski definition) is 1. The largest absolute Gasteiger partial charge is 0.508 e. The molecule has 1 aromatic carbocycles. The van der Waals surface area contributed by atoms with Crippen LogP contribution in [0.5, 0.6) is 5.75 Å². The van der Waals surface area contributed by atoms with E-state index in [0.717, 1.165) is 23.4 Å². The first-order chi connectivity index (χ1) is 8.49. The van der Waals surface area contributed by atoms with Crippen LogP contribution >= 0.6 is 0 Å². The highest BCUT2D eigenvalue weighted by atomic mass is 16.5. The molecule has 1 aliphatic carbocycles. The number of benzene rings is 1. The van der Waals surface area contributed by atoms with E-state index < -0.39 is 0 Å². The Balaban J connectivity index is 1.96. The summed E-state index contributed by atoms with van der Waals surface area (Å²) in [5, 5.41) is 13.7. The lowest BCUT2D eigenvalue weighted by atomic mass is 10.1. The summed E-state index contributed by atoms with van der Waals surface area (Å²) in [5.74, 6) is 1.91. The van der Waals surface area contributed by atoms with Crippen LogP contribution in [0.1, 0.15) is 37.6 Å². The molecule has 0 amide bonds. The van der Waals surface area contributed by atoms with Gasteiger partial charge in [-0.3, -0.25) is 0 Å². The fourth-order valence-corrected chi connectivity index (χ4v) is 2.25. The van der Waals surface area contributed by atoms with Gasteiger partial charge in [-0.2, -0.15) is 4.98 Å². The zero-order valence-corrected chi connectivity index (χ0v) is 10.8. The second-order valence-electron chi connectivity index (χ2n) is 5.65. The summed E-state index contributed by atoms with van der Waals surface area (Å²) in [6, 6.07) is 5.31. The predicted octanol–water partition coefficient (Wildman–Crippen LogP) is 3.26. The molecule has 0 aliphatic heterocycles. The minimum Gasteiger partial charge on any atom is -0.508 e. The van der Waals surface area contributed by atoms with Crippen LogP contribution in [-0.2, 0) is 0 Å². The smallest absolute Gasteiger partial charge is 0.258 e. The second kappa shape index (κ2) is 3.57. The fourth-order valence-electron chi connectivity index (χ4n) is 2.25. The maximum Gasteiger partial charge on any atom is 0.258 e. The summed E-state index contributed by atoms with van der Waals surface area (Å²) in [5.41, 5.74) is 1.85. The van der Waals surface area contributed by atoms with Gasteiger partial charge in [-0.05, 0) is 30.9 Å². The van der Waals surface area contributed by atoms with Crippen molar-refractivity contribution in [2.75, 3.05) is 0 Å². The summed E-state index contributed by atoms with van der Waals surface area (Å²) >= 11 is 0. The molecule has 1 aromatic heterocycles. The lowest BCUT2D eigenvalue weighted by Gasteiger charge is -2.02. The molecule has 1 N–H and O–H groups in total. The zero-order valence-electron chi connectivity index (χ0n) is 10.8. The number of aromatic hydroxyl groups is 1. The molecule has 0 radical (unpaired) electrons. The highest BCUT2D eigenvalue weighted by molar-refractivity contribution is 5.62. The van der Waals surface area contributed by atoms with E-state index in [2.05, 4.69) is 24.0 Å². The van der Waals surface area contributed by atoms with Gasteiger partial charge in [0.25, 0.3) is 5.89 Å². The Kier molecular flexibility index (Phi) is 2.24. The van der Waals surface area contributed by atoms with Crippen molar-refractivity contribution >= 4 is 0 Å². The highest BCUT2D eigenvalue weighted by Crippen LogP contribution is 2.57. The van der Waals surface area contributed by atoms with Gasteiger partial charge in [0.2, 0.25) is 0 Å². The third kappa shape index (κ3) is 1.68. The van der Waals surface area contributed by atoms with Gasteiger partial charge in [0.1, 0.15) is 5.75 Å². The Bertz CT molecular complexity index is 602. The van der Waals surface area contributed by atoms with Gasteiger partial charge in [0.05, 0.1) is 0 Å². The molecule has 1 unspecified atom stereocenters. The Labute approximate surface area is 106 Å². The molecule has 1 aliphatic rings. The minimum atomic E-state index is 0.249. The molecule has 94 valence electrons. The molecule has 18 heavy (non-hydrogen) atoms. The van der Waals surface area contributed by atoms with E-state index in [-0.39, 0.29) is 11.2 Å². The SMILES string of the molecule is Cc1c(O)cccc1-c1nc(C2CC2(C)C)no1. The molecule has 3 rings (SSSR count). The van der Waals surface area contributed by atoms with Gasteiger partial charge in [0, 0.05) is 17.0 Å². The lowest BCUT2D eigenvalue weighted by molar-refractivity contribution is 0.418. The van der Waals surface area contributed by atoms with E-state index in [1.165, 1.54) is 0 Å². The second-order valence-corrected chi connectivity index (χ2v) is 5.65. The minimum absolute atomic E-state index is 0.249. The fraction of sp³-hybridized carbons (Fsp3) is 0.429. The van der Waals surface area contributed by atoms with Gasteiger partial charge in [0.15, 0.2) is 5.82 Å². The summed E-state index contributed by atoms with van der Waals surface area (Å²) in [6.07, 6.45) is 1.10. The molecule has 1 heterocycles. The maximum atomic E-state index is 9.68. The summed E-state index contributed by atoms with van der Waals surface area (Å²) in [7, 11) is 0. The number of rotatable bonds is 2. The Morgan fingerprint density at radius 2 is 2.11 bits per heavy atom. The van der Waals surface area contributed by atoms with Crippen molar-refractivity contribution in [3.8, 4) is 17.2 Å². The van der Waals surface area contributed by atoms with Crippen molar-refractivity contribution < 1.29 is 9.63 Å². The van der Waals surface area contributed by atoms with Crippen LogP contribution in [0.25, 0.3) is 11.5 Å². The van der Waals surface area contributed by atoms with E-state index in [9.17, 15) is 5.11 Å². The number of hydrogen-bond acceptors (Lipinski definition) is 4. The van der Waals surface area contributed by atoms with Crippen LogP contribution in [0.4, 0.5) is 0 Å². The molecule has 1 fully saturated rings. The van der Waals surface area contributed by atoms with Gasteiger partial charge < -0.3 is 9.63 Å². The Hall–Kier alpha value is -1.84. The average molecular weight is 244 g/mol. The predicted molar refractivity (Wildman–Crippen MR) is 67.3 cm³/mol. The number of aromatic nitrogens is 2. The molecule has 0 spiro atoms. The van der Waals surface area contributed by atoms with Gasteiger partial charge in [-0.25, -0.2) is 0 Å². The van der Waals surface area contributed by atoms with E-state index in [1.807, 2.05) is 13.0 Å². The molecule has 2 aromatic rings. The van der Waals surface area contributed by atoms with Crippen LogP contribution in [0.15, 0.2) is 22.7 Å². The van der Waals surface area contributed by atoms with Crippen molar-refractivity contribution in [3.63, 3.8) is 0 Å². The van der Waals surface area contributed by atoms with Crippen molar-refractivity contribution in [2.45, 2.75) is 33.1 Å². The van der Waals surface area contributed by atoms with E-state index >= 15 is 0 Å². The molecule has 0 bridgehead atoms. The normalized spacial score (nSPS) is 20.9. The third-order valence-electron chi connectivity index (χ3n) is 3.80. The molecule has 1 saturated carbocycles. The molecule has 4 nitrogen and oxygen atoms in total. The van der Waals surface area contributed by atoms with Crippen LogP contribution in [0, 0.1) is 12.3 Å². The summed E-state index contributed by atoms with van der Waals surface area (Å²) in [4.78, 5) is 4.45. The number of phenolic OH excluding ortho intramolecular Hbond substituents is 1. The summed E-state index contributed by atoms with van der Waals surface area (Å²) in [6.45, 7) is 6.25. The van der Waals surface area contributed by atoms with Gasteiger partial charge in [-0.15, -0.1) is 0 Å². The molecule has 0 saturated heterocycles. The maximum absolute atomic E-state index is 9.68. The zero-order chi connectivity index (χ0) is 12.9. The van der Waals surface area contributed by atoms with Crippen molar-refractivity contribution in [3.05, 3.63) is 29.6 Å². The third-order valence-corrected chi connectivity index (χ3v) is 3.80. The Morgan fingerprint density at radius 3 is 2.78 bits per heavy atom. The molecular formula is C14H16N2O2. The molecule has 1 atom stereocenters. The number of nitrogens with zero attached hydrogens (tertiary/aromatic N) is 2. The topological polar surface area (TPSA) is 59.2 Å². The monoisotopic (exact) mass is 244 g/mol. The van der Waals surface area contributed by atoms with Crippen LogP contribution in [-0.4, -0.2) is 15.2 Å². The standard InChI is InChI=1S/C14H16N2O2/c1-8-9(5-4-6-11(8)17)13-15-12(16-18-13)10-7-14(10,2)3/h4-6,10,17H,7H2,1-3H3. The van der Waals surface area contributed by atoms with Crippen LogP contribution in [0.3, 0.4) is 0 Å². The number of phenols is 1. The quantitative estimate of drug-likeness (QED) is 0.880. The van der Waals surface area contributed by atoms with Crippen LogP contribution < -0.4 is 0 Å². The lowest BCUT2D eigenvalue weighted by Crippen LogP contribution is -1.92. The van der Waals surface area contributed by atoms with Crippen molar-refractivity contribution in [1.82, 2.24) is 10.1 Å². The Morgan fingerprint density at radius 1 is 1.39 bits per heavy atom. The highest BCUT2D eigenvalue weighted by Gasteiger charge is 2.49. The summed E-state index contributed by atoms with van der Waals surface area (Å²) < 4.78 is 5.31. The first-order valence-corrected chi connectivity index (χ1v) is 6.11.